The molecule has 0 spiro atoms. The highest BCUT2D eigenvalue weighted by Crippen LogP contribution is 2.28. The first-order valence-electron chi connectivity index (χ1n) is 9.87. The summed E-state index contributed by atoms with van der Waals surface area (Å²) in [4.78, 5) is 11.8. The fourth-order valence-electron chi connectivity index (χ4n) is 3.98. The van der Waals surface area contributed by atoms with Crippen molar-refractivity contribution in [2.24, 2.45) is 11.7 Å². The Bertz CT molecular complexity index is 749. The van der Waals surface area contributed by atoms with Crippen molar-refractivity contribution in [1.29, 1.82) is 0 Å². The van der Waals surface area contributed by atoms with Crippen LogP contribution < -0.4 is 11.1 Å². The summed E-state index contributed by atoms with van der Waals surface area (Å²) in [6.45, 7) is 3.91. The molecule has 0 saturated heterocycles. The lowest BCUT2D eigenvalue weighted by Crippen LogP contribution is -2.57. The molecule has 0 aromatic heterocycles. The number of fused-ring (bicyclic) bond motifs is 1. The SMILES string of the molecule is CC(C)C[C@H](N)[C@](O)(CC1C=C(OC2Cc3ccccc3C2)C=CN1)C(=O)O. The van der Waals surface area contributed by atoms with Crippen molar-refractivity contribution in [2.45, 2.75) is 63.3 Å². The highest BCUT2D eigenvalue weighted by molar-refractivity contribution is 5.78. The zero-order valence-electron chi connectivity index (χ0n) is 16.5. The predicted octanol–water partition coefficient (Wildman–Crippen LogP) is 2.12. The van der Waals surface area contributed by atoms with Crippen LogP contribution in [-0.4, -0.2) is 40.0 Å². The maximum atomic E-state index is 11.8. The predicted molar refractivity (Wildman–Crippen MR) is 108 cm³/mol. The van der Waals surface area contributed by atoms with Gasteiger partial charge in [0.15, 0.2) is 5.60 Å². The van der Waals surface area contributed by atoms with Crippen LogP contribution >= 0.6 is 0 Å². The number of dihydropyridines is 1. The second-order valence-electron chi connectivity index (χ2n) is 8.26. The molecule has 5 N–H and O–H groups in total. The van der Waals surface area contributed by atoms with Crippen molar-refractivity contribution >= 4 is 5.97 Å². The van der Waals surface area contributed by atoms with Gasteiger partial charge in [-0.25, -0.2) is 4.79 Å². The number of carboxylic acids is 1. The molecule has 0 saturated carbocycles. The molecule has 2 aliphatic rings. The number of hydrogen-bond donors (Lipinski definition) is 4. The average molecular weight is 386 g/mol. The van der Waals surface area contributed by atoms with E-state index in [1.54, 1.807) is 6.20 Å². The molecule has 1 aliphatic carbocycles. The number of nitrogens with two attached hydrogens (primary N) is 1. The van der Waals surface area contributed by atoms with E-state index in [0.29, 0.717) is 12.2 Å². The number of rotatable bonds is 8. The number of ether oxygens (including phenoxy) is 1. The Labute approximate surface area is 166 Å². The number of hydrogen-bond acceptors (Lipinski definition) is 5. The van der Waals surface area contributed by atoms with Crippen LogP contribution in [0.25, 0.3) is 0 Å². The molecule has 152 valence electrons. The summed E-state index contributed by atoms with van der Waals surface area (Å²) >= 11 is 0. The van der Waals surface area contributed by atoms with Gasteiger partial charge in [0.1, 0.15) is 11.9 Å². The largest absolute Gasteiger partial charge is 0.490 e. The quantitative estimate of drug-likeness (QED) is 0.545. The third-order valence-corrected chi connectivity index (χ3v) is 5.48. The van der Waals surface area contributed by atoms with Crippen LogP contribution in [0.4, 0.5) is 0 Å². The number of nitrogens with one attached hydrogen (secondary N) is 1. The van der Waals surface area contributed by atoms with Gasteiger partial charge in [0.25, 0.3) is 0 Å². The third-order valence-electron chi connectivity index (χ3n) is 5.48. The van der Waals surface area contributed by atoms with Crippen LogP contribution in [-0.2, 0) is 22.4 Å². The standard InChI is InChI=1S/C22H30N2O4/c1-14(2)9-20(23)22(27,21(25)26)13-17-12-18(7-8-24-17)28-19-10-15-5-3-4-6-16(15)11-19/h3-8,12,14,17,19-20,24,27H,9-11,13,23H2,1-2H3,(H,25,26)/t17?,20-,22+/m0/s1. The van der Waals surface area contributed by atoms with E-state index in [2.05, 4.69) is 17.4 Å². The smallest absolute Gasteiger partial charge is 0.337 e. The summed E-state index contributed by atoms with van der Waals surface area (Å²) in [6.07, 6.45) is 7.57. The topological polar surface area (TPSA) is 105 Å². The molecule has 0 radical (unpaired) electrons. The van der Waals surface area contributed by atoms with Gasteiger partial charge in [0.2, 0.25) is 0 Å². The Morgan fingerprint density at radius 2 is 1.96 bits per heavy atom. The number of aliphatic hydroxyl groups is 1. The summed E-state index contributed by atoms with van der Waals surface area (Å²) in [5.74, 6) is -0.413. The van der Waals surface area contributed by atoms with E-state index in [-0.39, 0.29) is 24.5 Å². The second kappa shape index (κ2) is 8.37. The molecular weight excluding hydrogens is 356 g/mol. The molecular formula is C22H30N2O4. The van der Waals surface area contributed by atoms with Gasteiger partial charge >= 0.3 is 5.97 Å². The van der Waals surface area contributed by atoms with E-state index in [0.717, 1.165) is 12.8 Å². The zero-order valence-corrected chi connectivity index (χ0v) is 16.5. The van der Waals surface area contributed by atoms with E-state index in [1.165, 1.54) is 11.1 Å². The van der Waals surface area contributed by atoms with Gasteiger partial charge in [0.05, 0.1) is 6.04 Å². The normalized spacial score (nSPS) is 22.2. The number of benzene rings is 1. The Morgan fingerprint density at radius 1 is 1.32 bits per heavy atom. The first-order valence-corrected chi connectivity index (χ1v) is 9.87. The Balaban J connectivity index is 1.66. The maximum Gasteiger partial charge on any atom is 0.337 e. The van der Waals surface area contributed by atoms with E-state index < -0.39 is 17.6 Å². The summed E-state index contributed by atoms with van der Waals surface area (Å²) in [7, 11) is 0. The number of aliphatic carboxylic acids is 1. The third kappa shape index (κ3) is 4.56. The Morgan fingerprint density at radius 3 is 2.54 bits per heavy atom. The van der Waals surface area contributed by atoms with Crippen LogP contribution in [0.1, 0.15) is 37.8 Å². The van der Waals surface area contributed by atoms with Crippen LogP contribution in [0.3, 0.4) is 0 Å². The number of carbonyl (C=O) groups is 1. The lowest BCUT2D eigenvalue weighted by molar-refractivity contribution is -0.162. The molecule has 28 heavy (non-hydrogen) atoms. The minimum atomic E-state index is -2.00. The molecule has 1 heterocycles. The van der Waals surface area contributed by atoms with Gasteiger partial charge in [0, 0.05) is 31.5 Å². The molecule has 1 aliphatic heterocycles. The molecule has 3 atom stereocenters. The zero-order chi connectivity index (χ0) is 20.3. The second-order valence-corrected chi connectivity index (χ2v) is 8.26. The van der Waals surface area contributed by atoms with Gasteiger partial charge < -0.3 is 26.0 Å². The van der Waals surface area contributed by atoms with E-state index in [4.69, 9.17) is 10.5 Å². The van der Waals surface area contributed by atoms with Crippen LogP contribution in [0.5, 0.6) is 0 Å². The molecule has 3 rings (SSSR count). The van der Waals surface area contributed by atoms with E-state index in [1.807, 2.05) is 38.1 Å². The maximum absolute atomic E-state index is 11.8. The molecule has 1 aromatic carbocycles. The molecule has 0 amide bonds. The number of carboxylic acid groups (broad SMARTS) is 1. The lowest BCUT2D eigenvalue weighted by atomic mass is 9.83. The van der Waals surface area contributed by atoms with Crippen LogP contribution in [0.2, 0.25) is 0 Å². The molecule has 0 bridgehead atoms. The van der Waals surface area contributed by atoms with Crippen molar-refractivity contribution in [3.63, 3.8) is 0 Å². The Kier molecular flexibility index (Phi) is 6.10. The Hall–Kier alpha value is -2.31. The van der Waals surface area contributed by atoms with Crippen molar-refractivity contribution < 1.29 is 19.7 Å². The minimum absolute atomic E-state index is 0.0295. The van der Waals surface area contributed by atoms with Crippen molar-refractivity contribution in [1.82, 2.24) is 5.32 Å². The monoisotopic (exact) mass is 386 g/mol. The first-order chi connectivity index (χ1) is 13.3. The van der Waals surface area contributed by atoms with Crippen LogP contribution in [0.15, 0.2) is 48.4 Å². The van der Waals surface area contributed by atoms with Crippen molar-refractivity contribution in [2.75, 3.05) is 0 Å². The van der Waals surface area contributed by atoms with Gasteiger partial charge in [-0.1, -0.05) is 38.1 Å². The highest BCUT2D eigenvalue weighted by Gasteiger charge is 2.44. The molecule has 0 fully saturated rings. The fraction of sp³-hybridized carbons (Fsp3) is 0.500. The van der Waals surface area contributed by atoms with Gasteiger partial charge in [-0.2, -0.15) is 0 Å². The molecule has 6 heteroatoms. The van der Waals surface area contributed by atoms with Crippen LogP contribution in [0, 0.1) is 5.92 Å². The minimum Gasteiger partial charge on any atom is -0.490 e. The van der Waals surface area contributed by atoms with Crippen molar-refractivity contribution in [3.8, 4) is 0 Å². The summed E-state index contributed by atoms with van der Waals surface area (Å²) in [5, 5.41) is 23.5. The first kappa shape index (κ1) is 20.4. The summed E-state index contributed by atoms with van der Waals surface area (Å²) in [5.41, 5.74) is 6.67. The fourth-order valence-corrected chi connectivity index (χ4v) is 3.98. The van der Waals surface area contributed by atoms with E-state index in [9.17, 15) is 15.0 Å². The highest BCUT2D eigenvalue weighted by atomic mass is 16.5. The van der Waals surface area contributed by atoms with Gasteiger partial charge in [-0.15, -0.1) is 0 Å². The lowest BCUT2D eigenvalue weighted by Gasteiger charge is -2.34. The van der Waals surface area contributed by atoms with E-state index >= 15 is 0 Å². The summed E-state index contributed by atoms with van der Waals surface area (Å²) < 4.78 is 6.14. The summed E-state index contributed by atoms with van der Waals surface area (Å²) in [6, 6.07) is 7.10. The van der Waals surface area contributed by atoms with Gasteiger partial charge in [-0.3, -0.25) is 0 Å². The van der Waals surface area contributed by atoms with Crippen molar-refractivity contribution in [3.05, 3.63) is 59.5 Å². The average Bonchev–Trinajstić information content (AvgIpc) is 3.03. The number of allylic oxidation sites excluding steroid dienone is 1. The molecule has 6 nitrogen and oxygen atoms in total. The molecule has 1 unspecified atom stereocenters. The molecule has 1 aromatic rings. The van der Waals surface area contributed by atoms with Gasteiger partial charge in [-0.05, 0) is 35.6 Å².